The van der Waals surface area contributed by atoms with Gasteiger partial charge in [-0.05, 0) is 71.6 Å². The Bertz CT molecular complexity index is 2050. The minimum atomic E-state index is -1.22. The molecule has 0 saturated heterocycles. The van der Waals surface area contributed by atoms with Crippen molar-refractivity contribution in [2.45, 2.75) is 19.4 Å². The van der Waals surface area contributed by atoms with Gasteiger partial charge in [-0.25, -0.2) is 4.79 Å². The Morgan fingerprint density at radius 1 is 0.702 bits per heavy atom. The van der Waals surface area contributed by atoms with E-state index in [4.69, 9.17) is 4.74 Å². The minimum Gasteiger partial charge on any atom is -0.480 e. The van der Waals surface area contributed by atoms with Crippen molar-refractivity contribution in [1.82, 2.24) is 4.57 Å². The first-order valence-corrected chi connectivity index (χ1v) is 15.2. The van der Waals surface area contributed by atoms with Crippen molar-refractivity contribution < 1.29 is 19.4 Å². The van der Waals surface area contributed by atoms with Crippen LogP contribution in [0.4, 0.5) is 5.69 Å². The van der Waals surface area contributed by atoms with E-state index >= 15 is 0 Å². The summed E-state index contributed by atoms with van der Waals surface area (Å²) in [5, 5.41) is 13.1. The Morgan fingerprint density at radius 3 is 1.89 bits per heavy atom. The molecule has 2 N–H and O–H groups in total. The van der Waals surface area contributed by atoms with Crippen LogP contribution in [-0.4, -0.2) is 21.6 Å². The molecule has 1 aromatic heterocycles. The fourth-order valence-electron chi connectivity index (χ4n) is 5.31. The van der Waals surface area contributed by atoms with E-state index in [0.717, 1.165) is 22.3 Å². The molecular formula is C40H32N2O5. The average Bonchev–Trinajstić information content (AvgIpc) is 3.10. The summed E-state index contributed by atoms with van der Waals surface area (Å²) >= 11 is 0. The van der Waals surface area contributed by atoms with Gasteiger partial charge in [0.2, 0.25) is 0 Å². The van der Waals surface area contributed by atoms with Crippen LogP contribution in [0.3, 0.4) is 0 Å². The molecule has 0 bridgehead atoms. The van der Waals surface area contributed by atoms with Gasteiger partial charge < -0.3 is 15.2 Å². The highest BCUT2D eigenvalue weighted by Gasteiger charge is 2.24. The zero-order chi connectivity index (χ0) is 32.8. The van der Waals surface area contributed by atoms with E-state index in [1.807, 2.05) is 116 Å². The zero-order valence-electron chi connectivity index (χ0n) is 25.7. The van der Waals surface area contributed by atoms with Gasteiger partial charge in [-0.3, -0.25) is 14.2 Å². The lowest BCUT2D eigenvalue weighted by molar-refractivity contribution is -0.141. The van der Waals surface area contributed by atoms with Crippen molar-refractivity contribution in [3.8, 4) is 33.8 Å². The van der Waals surface area contributed by atoms with Crippen molar-refractivity contribution in [3.05, 3.63) is 173 Å². The molecule has 0 aliphatic carbocycles. The van der Waals surface area contributed by atoms with Gasteiger partial charge in [0.15, 0.2) is 0 Å². The van der Waals surface area contributed by atoms with E-state index in [0.29, 0.717) is 28.2 Å². The van der Waals surface area contributed by atoms with E-state index in [1.165, 1.54) is 10.8 Å². The number of amides is 1. The van der Waals surface area contributed by atoms with Crippen molar-refractivity contribution in [1.29, 1.82) is 0 Å². The molecule has 5 aromatic carbocycles. The monoisotopic (exact) mass is 620 g/mol. The maximum Gasteiger partial charge on any atom is 0.327 e. The van der Waals surface area contributed by atoms with Crippen LogP contribution >= 0.6 is 0 Å². The number of anilines is 1. The van der Waals surface area contributed by atoms with Crippen LogP contribution in [0, 0.1) is 6.92 Å². The SMILES string of the molecule is Cc1ccc(CC(C(=O)O)n2cc(-c3ccc(Oc4ccccc4)cc3)cc(NC(=O)c3ccc(-c4ccccc4)cc3)c2=O)cc1. The molecule has 0 saturated carbocycles. The van der Waals surface area contributed by atoms with Gasteiger partial charge in [0, 0.05) is 23.7 Å². The smallest absolute Gasteiger partial charge is 0.327 e. The van der Waals surface area contributed by atoms with Crippen LogP contribution in [0.1, 0.15) is 27.5 Å². The van der Waals surface area contributed by atoms with Crippen LogP contribution in [0.5, 0.6) is 11.5 Å². The number of para-hydroxylation sites is 1. The van der Waals surface area contributed by atoms with Gasteiger partial charge >= 0.3 is 5.97 Å². The number of carbonyl (C=O) groups is 2. The van der Waals surface area contributed by atoms with Gasteiger partial charge in [0.05, 0.1) is 0 Å². The van der Waals surface area contributed by atoms with E-state index in [1.54, 1.807) is 30.3 Å². The predicted molar refractivity (Wildman–Crippen MR) is 184 cm³/mol. The Hall–Kier alpha value is -6.21. The summed E-state index contributed by atoms with van der Waals surface area (Å²) in [7, 11) is 0. The van der Waals surface area contributed by atoms with Crippen molar-refractivity contribution in [2.24, 2.45) is 0 Å². The summed E-state index contributed by atoms with van der Waals surface area (Å²) < 4.78 is 7.12. The lowest BCUT2D eigenvalue weighted by Crippen LogP contribution is -2.33. The van der Waals surface area contributed by atoms with E-state index < -0.39 is 23.5 Å². The number of rotatable bonds is 10. The molecule has 0 aliphatic heterocycles. The third-order valence-corrected chi connectivity index (χ3v) is 7.88. The molecule has 232 valence electrons. The maximum atomic E-state index is 13.9. The standard InChI is InChI=1S/C40H32N2O5/c1-27-12-14-28(15-13-27)24-37(40(45)46)42-26-33(31-20-22-35(23-21-31)47-34-10-6-3-7-11-34)25-36(39(42)44)41-38(43)32-18-16-30(17-19-32)29-8-4-2-5-9-29/h2-23,25-26,37H,24H2,1H3,(H,41,43)(H,45,46). The lowest BCUT2D eigenvalue weighted by atomic mass is 10.0. The molecule has 6 aromatic rings. The molecule has 1 atom stereocenters. The third-order valence-electron chi connectivity index (χ3n) is 7.88. The third kappa shape index (κ3) is 7.37. The predicted octanol–water partition coefficient (Wildman–Crippen LogP) is 8.40. The molecule has 1 heterocycles. The number of pyridine rings is 1. The van der Waals surface area contributed by atoms with Crippen LogP contribution in [0.15, 0.2) is 151 Å². The fraction of sp³-hybridized carbons (Fsp3) is 0.0750. The molecule has 0 spiro atoms. The van der Waals surface area contributed by atoms with Gasteiger partial charge in [-0.1, -0.05) is 103 Å². The number of carbonyl (C=O) groups excluding carboxylic acids is 1. The molecule has 1 amide bonds. The number of carboxylic acids is 1. The fourth-order valence-corrected chi connectivity index (χ4v) is 5.31. The van der Waals surface area contributed by atoms with E-state index in [9.17, 15) is 19.5 Å². The number of nitrogens with zero attached hydrogens (tertiary/aromatic N) is 1. The molecule has 0 aliphatic rings. The minimum absolute atomic E-state index is 0.0283. The maximum absolute atomic E-state index is 13.9. The summed E-state index contributed by atoms with van der Waals surface area (Å²) in [5.41, 5.74) is 4.76. The Kier molecular flexibility index (Phi) is 9.06. The number of hydrogen-bond acceptors (Lipinski definition) is 4. The van der Waals surface area contributed by atoms with E-state index in [2.05, 4.69) is 5.32 Å². The molecule has 0 fully saturated rings. The van der Waals surface area contributed by atoms with Crippen molar-refractivity contribution >= 4 is 17.6 Å². The summed E-state index contributed by atoms with van der Waals surface area (Å²) in [6.07, 6.45) is 1.61. The van der Waals surface area contributed by atoms with Crippen LogP contribution in [0.2, 0.25) is 0 Å². The zero-order valence-corrected chi connectivity index (χ0v) is 25.7. The molecule has 7 heteroatoms. The number of hydrogen-bond donors (Lipinski definition) is 2. The highest BCUT2D eigenvalue weighted by molar-refractivity contribution is 6.04. The number of carboxylic acid groups (broad SMARTS) is 1. The lowest BCUT2D eigenvalue weighted by Gasteiger charge is -2.19. The number of benzene rings is 5. The molecule has 1 unspecified atom stereocenters. The first kappa shape index (κ1) is 30.8. The number of aryl methyl sites for hydroxylation is 1. The second-order valence-electron chi connectivity index (χ2n) is 11.2. The number of nitrogens with one attached hydrogen (secondary N) is 1. The first-order chi connectivity index (χ1) is 22.8. The van der Waals surface area contributed by atoms with Crippen molar-refractivity contribution in [2.75, 3.05) is 5.32 Å². The van der Waals surface area contributed by atoms with Crippen LogP contribution < -0.4 is 15.6 Å². The normalized spacial score (nSPS) is 11.4. The molecular weight excluding hydrogens is 588 g/mol. The quantitative estimate of drug-likeness (QED) is 0.160. The molecule has 0 radical (unpaired) electrons. The summed E-state index contributed by atoms with van der Waals surface area (Å²) in [5.74, 6) is -0.341. The number of aromatic nitrogens is 1. The molecule has 6 rings (SSSR count). The van der Waals surface area contributed by atoms with Crippen LogP contribution in [0.25, 0.3) is 22.3 Å². The molecule has 7 nitrogen and oxygen atoms in total. The van der Waals surface area contributed by atoms with Crippen LogP contribution in [-0.2, 0) is 11.2 Å². The summed E-state index contributed by atoms with van der Waals surface area (Å²) in [6, 6.07) is 41.4. The van der Waals surface area contributed by atoms with Gasteiger partial charge in [-0.15, -0.1) is 0 Å². The largest absolute Gasteiger partial charge is 0.480 e. The highest BCUT2D eigenvalue weighted by Crippen LogP contribution is 2.28. The highest BCUT2D eigenvalue weighted by atomic mass is 16.5. The second kappa shape index (κ2) is 13.8. The average molecular weight is 621 g/mol. The second-order valence-corrected chi connectivity index (χ2v) is 11.2. The van der Waals surface area contributed by atoms with Gasteiger partial charge in [-0.2, -0.15) is 0 Å². The van der Waals surface area contributed by atoms with Gasteiger partial charge in [0.25, 0.3) is 11.5 Å². The van der Waals surface area contributed by atoms with E-state index in [-0.39, 0.29) is 12.1 Å². The molecule has 47 heavy (non-hydrogen) atoms. The summed E-state index contributed by atoms with van der Waals surface area (Å²) in [6.45, 7) is 1.95. The topological polar surface area (TPSA) is 97.6 Å². The summed E-state index contributed by atoms with van der Waals surface area (Å²) in [4.78, 5) is 39.9. The first-order valence-electron chi connectivity index (χ1n) is 15.2. The van der Waals surface area contributed by atoms with Crippen molar-refractivity contribution in [3.63, 3.8) is 0 Å². The Morgan fingerprint density at radius 2 is 1.26 bits per heavy atom. The Balaban J connectivity index is 1.35. The van der Waals surface area contributed by atoms with Gasteiger partial charge in [0.1, 0.15) is 23.2 Å². The number of ether oxygens (including phenoxy) is 1. The Labute approximate surface area is 272 Å². The number of aliphatic carboxylic acids is 1.